The summed E-state index contributed by atoms with van der Waals surface area (Å²) in [6.45, 7) is 3.23. The van der Waals surface area contributed by atoms with Crippen molar-refractivity contribution in [2.24, 2.45) is 0 Å². The van der Waals surface area contributed by atoms with Gasteiger partial charge in [0, 0.05) is 5.57 Å². The number of aliphatic carboxylic acids is 1. The molecule has 0 aromatic carbocycles. The largest absolute Gasteiger partial charge is 0.478 e. The third-order valence-corrected chi connectivity index (χ3v) is 1.76. The van der Waals surface area contributed by atoms with Crippen LogP contribution in [0.5, 0.6) is 0 Å². The monoisotopic (exact) mass is 198 g/mol. The number of hydrogen-bond donors (Lipinski definition) is 1. The average molecular weight is 198 g/mol. The number of ether oxygens (including phenoxy) is 1. The van der Waals surface area contributed by atoms with Gasteiger partial charge in [0.15, 0.2) is 0 Å². The summed E-state index contributed by atoms with van der Waals surface area (Å²) in [6.07, 6.45) is 3.64. The van der Waals surface area contributed by atoms with Crippen LogP contribution in [0.3, 0.4) is 0 Å². The Balaban J connectivity index is 4.94. The van der Waals surface area contributed by atoms with Crippen molar-refractivity contribution in [3.05, 3.63) is 23.3 Å². The molecule has 1 N–H and O–H groups in total. The van der Waals surface area contributed by atoms with E-state index in [-0.39, 0.29) is 17.6 Å². The second-order valence-electron chi connectivity index (χ2n) is 2.67. The Morgan fingerprint density at radius 2 is 2.00 bits per heavy atom. The topological polar surface area (TPSA) is 63.6 Å². The van der Waals surface area contributed by atoms with E-state index in [4.69, 9.17) is 5.11 Å². The molecule has 0 aliphatic carbocycles. The number of methoxy groups -OCH3 is 1. The molecule has 0 saturated heterocycles. The quantitative estimate of drug-likeness (QED) is 0.422. The smallest absolute Gasteiger partial charge is 0.333 e. The highest BCUT2D eigenvalue weighted by atomic mass is 16.5. The van der Waals surface area contributed by atoms with Gasteiger partial charge in [-0.2, -0.15) is 0 Å². The average Bonchev–Trinajstić information content (AvgIpc) is 2.16. The standard InChI is InChI=1S/C10H14O4/c1-4-5-6-8(9(11)12)7(2)10(13)14-3/h4-5H,6H2,1-3H3,(H,11,12). The second-order valence-corrected chi connectivity index (χ2v) is 2.67. The van der Waals surface area contributed by atoms with Gasteiger partial charge < -0.3 is 9.84 Å². The summed E-state index contributed by atoms with van der Waals surface area (Å²) in [4.78, 5) is 21.8. The van der Waals surface area contributed by atoms with Crippen LogP contribution >= 0.6 is 0 Å². The number of carbonyl (C=O) groups is 2. The maximum Gasteiger partial charge on any atom is 0.333 e. The van der Waals surface area contributed by atoms with Gasteiger partial charge in [-0.1, -0.05) is 12.2 Å². The van der Waals surface area contributed by atoms with Gasteiger partial charge in [0.05, 0.1) is 12.7 Å². The maximum atomic E-state index is 11.1. The number of carboxylic acid groups (broad SMARTS) is 1. The van der Waals surface area contributed by atoms with E-state index in [1.807, 2.05) is 0 Å². The van der Waals surface area contributed by atoms with Crippen molar-refractivity contribution in [1.29, 1.82) is 0 Å². The number of rotatable bonds is 4. The number of allylic oxidation sites excluding steroid dienone is 2. The zero-order valence-electron chi connectivity index (χ0n) is 8.53. The predicted octanol–water partition coefficient (Wildman–Crippen LogP) is 1.53. The van der Waals surface area contributed by atoms with Crippen LogP contribution in [-0.2, 0) is 14.3 Å². The van der Waals surface area contributed by atoms with E-state index in [2.05, 4.69) is 4.74 Å². The van der Waals surface area contributed by atoms with E-state index in [1.54, 1.807) is 19.1 Å². The zero-order chi connectivity index (χ0) is 11.1. The molecule has 78 valence electrons. The lowest BCUT2D eigenvalue weighted by Gasteiger charge is -2.03. The Labute approximate surface area is 82.9 Å². The van der Waals surface area contributed by atoms with Crippen LogP contribution in [0, 0.1) is 0 Å². The predicted molar refractivity (Wildman–Crippen MR) is 51.8 cm³/mol. The Kier molecular flexibility index (Phi) is 5.29. The van der Waals surface area contributed by atoms with E-state index < -0.39 is 11.9 Å². The molecule has 0 spiro atoms. The van der Waals surface area contributed by atoms with E-state index in [1.165, 1.54) is 14.0 Å². The van der Waals surface area contributed by atoms with Crippen LogP contribution in [0.2, 0.25) is 0 Å². The SMILES string of the molecule is CC=CCC(C(=O)O)=C(C)C(=O)OC. The minimum Gasteiger partial charge on any atom is -0.478 e. The van der Waals surface area contributed by atoms with Gasteiger partial charge in [-0.15, -0.1) is 0 Å². The Morgan fingerprint density at radius 1 is 1.43 bits per heavy atom. The van der Waals surface area contributed by atoms with Crippen molar-refractivity contribution in [1.82, 2.24) is 0 Å². The van der Waals surface area contributed by atoms with Crippen molar-refractivity contribution in [2.45, 2.75) is 20.3 Å². The summed E-state index contributed by atoms with van der Waals surface area (Å²) in [5.74, 6) is -1.70. The van der Waals surface area contributed by atoms with Crippen molar-refractivity contribution < 1.29 is 19.4 Å². The lowest BCUT2D eigenvalue weighted by molar-refractivity contribution is -0.138. The molecule has 4 heteroatoms. The minimum atomic E-state index is -1.09. The van der Waals surface area contributed by atoms with Crippen LogP contribution in [0.15, 0.2) is 23.3 Å². The lowest BCUT2D eigenvalue weighted by atomic mass is 10.1. The molecular formula is C10H14O4. The van der Waals surface area contributed by atoms with Crippen molar-refractivity contribution in [3.63, 3.8) is 0 Å². The molecule has 0 atom stereocenters. The fourth-order valence-corrected chi connectivity index (χ4v) is 0.913. The molecule has 0 unspecified atom stereocenters. The van der Waals surface area contributed by atoms with Gasteiger partial charge >= 0.3 is 11.9 Å². The number of esters is 1. The molecule has 0 rings (SSSR count). The number of hydrogen-bond acceptors (Lipinski definition) is 3. The molecule has 0 aromatic heterocycles. The molecule has 0 heterocycles. The summed E-state index contributed by atoms with van der Waals surface area (Å²) < 4.78 is 4.44. The highest BCUT2D eigenvalue weighted by Crippen LogP contribution is 2.11. The van der Waals surface area contributed by atoms with Crippen LogP contribution in [0.25, 0.3) is 0 Å². The van der Waals surface area contributed by atoms with E-state index in [9.17, 15) is 9.59 Å². The van der Waals surface area contributed by atoms with Crippen molar-refractivity contribution in [2.75, 3.05) is 7.11 Å². The highest BCUT2D eigenvalue weighted by Gasteiger charge is 2.15. The fourth-order valence-electron chi connectivity index (χ4n) is 0.913. The van der Waals surface area contributed by atoms with E-state index in [0.717, 1.165) is 0 Å². The van der Waals surface area contributed by atoms with Crippen LogP contribution in [-0.4, -0.2) is 24.2 Å². The molecule has 0 aliphatic heterocycles. The van der Waals surface area contributed by atoms with Crippen LogP contribution < -0.4 is 0 Å². The van der Waals surface area contributed by atoms with Gasteiger partial charge in [-0.05, 0) is 20.3 Å². The van der Waals surface area contributed by atoms with Gasteiger partial charge in [0.1, 0.15) is 0 Å². The first kappa shape index (κ1) is 12.4. The summed E-state index contributed by atoms with van der Waals surface area (Å²) in [5, 5.41) is 8.82. The third kappa shape index (κ3) is 3.43. The Morgan fingerprint density at radius 3 is 2.36 bits per heavy atom. The molecule has 14 heavy (non-hydrogen) atoms. The Bertz CT molecular complexity index is 286. The van der Waals surface area contributed by atoms with Gasteiger partial charge in [0.2, 0.25) is 0 Å². The van der Waals surface area contributed by atoms with Crippen molar-refractivity contribution >= 4 is 11.9 Å². The molecule has 0 radical (unpaired) electrons. The van der Waals surface area contributed by atoms with E-state index in [0.29, 0.717) is 0 Å². The lowest BCUT2D eigenvalue weighted by Crippen LogP contribution is -2.10. The zero-order valence-corrected chi connectivity index (χ0v) is 8.53. The normalized spacial score (nSPS) is 12.5. The highest BCUT2D eigenvalue weighted by molar-refractivity contribution is 5.99. The molecule has 0 amide bonds. The van der Waals surface area contributed by atoms with Gasteiger partial charge in [-0.25, -0.2) is 9.59 Å². The first-order chi connectivity index (χ1) is 6.54. The Hall–Kier alpha value is -1.58. The van der Waals surface area contributed by atoms with Crippen LogP contribution in [0.4, 0.5) is 0 Å². The van der Waals surface area contributed by atoms with Gasteiger partial charge in [0.25, 0.3) is 0 Å². The first-order valence-electron chi connectivity index (χ1n) is 4.17. The number of carbonyl (C=O) groups excluding carboxylic acids is 1. The first-order valence-corrected chi connectivity index (χ1v) is 4.17. The third-order valence-electron chi connectivity index (χ3n) is 1.76. The molecule has 0 aromatic rings. The summed E-state index contributed by atoms with van der Waals surface area (Å²) in [6, 6.07) is 0. The van der Waals surface area contributed by atoms with Gasteiger partial charge in [-0.3, -0.25) is 0 Å². The summed E-state index contributed by atoms with van der Waals surface area (Å²) in [7, 11) is 1.22. The minimum absolute atomic E-state index is 0.0648. The van der Waals surface area contributed by atoms with Crippen molar-refractivity contribution in [3.8, 4) is 0 Å². The molecule has 0 fully saturated rings. The molecule has 0 bridgehead atoms. The molecule has 0 saturated carbocycles. The second kappa shape index (κ2) is 5.96. The molecule has 4 nitrogen and oxygen atoms in total. The van der Waals surface area contributed by atoms with E-state index >= 15 is 0 Å². The van der Waals surface area contributed by atoms with Crippen LogP contribution in [0.1, 0.15) is 20.3 Å². The summed E-state index contributed by atoms with van der Waals surface area (Å²) >= 11 is 0. The molecular weight excluding hydrogens is 184 g/mol. The maximum absolute atomic E-state index is 11.1. The molecule has 0 aliphatic rings. The number of carboxylic acids is 1. The fraction of sp³-hybridized carbons (Fsp3) is 0.400. The summed E-state index contributed by atoms with van der Waals surface area (Å²) in [5.41, 5.74) is 0.202.